The summed E-state index contributed by atoms with van der Waals surface area (Å²) in [6, 6.07) is 8.54. The molecule has 1 spiro atoms. The summed E-state index contributed by atoms with van der Waals surface area (Å²) in [5, 5.41) is 4.76. The molecule has 3 aliphatic rings. The van der Waals surface area contributed by atoms with Gasteiger partial charge in [-0.05, 0) is 24.0 Å². The lowest BCUT2D eigenvalue weighted by Gasteiger charge is -2.28. The maximum Gasteiger partial charge on any atom is 0.152 e. The van der Waals surface area contributed by atoms with Crippen LogP contribution < -0.4 is 0 Å². The van der Waals surface area contributed by atoms with Crippen LogP contribution in [0.2, 0.25) is 0 Å². The highest BCUT2D eigenvalue weighted by atomic mass is 17.5. The molecule has 1 aliphatic heterocycles. The Kier molecular flexibility index (Phi) is 1.76. The van der Waals surface area contributed by atoms with Crippen molar-refractivity contribution >= 4 is 0 Å². The van der Waals surface area contributed by atoms with Gasteiger partial charge in [0.25, 0.3) is 0 Å². The number of hydrogen-bond donors (Lipinski definition) is 0. The topological polar surface area (TPSA) is 27.7 Å². The van der Waals surface area contributed by atoms with Crippen molar-refractivity contribution in [3.05, 3.63) is 35.4 Å². The zero-order valence-corrected chi connectivity index (χ0v) is 9.02. The fraction of sp³-hybridized carbons (Fsp3) is 0.538. The molecule has 0 amide bonds. The second-order valence-electron chi connectivity index (χ2n) is 5.05. The predicted octanol–water partition coefficient (Wildman–Crippen LogP) is 2.82. The molecule has 2 atom stereocenters. The van der Waals surface area contributed by atoms with Crippen molar-refractivity contribution in [2.75, 3.05) is 0 Å². The van der Waals surface area contributed by atoms with Crippen LogP contribution in [0.25, 0.3) is 0 Å². The molecular formula is C13H14O3. The van der Waals surface area contributed by atoms with Crippen molar-refractivity contribution < 1.29 is 14.8 Å². The van der Waals surface area contributed by atoms with Crippen molar-refractivity contribution in [2.24, 2.45) is 0 Å². The highest BCUT2D eigenvalue weighted by Crippen LogP contribution is 2.58. The second-order valence-corrected chi connectivity index (χ2v) is 5.05. The average Bonchev–Trinajstić information content (AvgIpc) is 3.02. The molecule has 0 N–H and O–H groups in total. The van der Waals surface area contributed by atoms with Crippen molar-refractivity contribution in [3.8, 4) is 0 Å². The molecule has 4 rings (SSSR count). The van der Waals surface area contributed by atoms with E-state index in [0.29, 0.717) is 0 Å². The normalized spacial score (nSPS) is 34.2. The lowest BCUT2D eigenvalue weighted by atomic mass is 9.78. The monoisotopic (exact) mass is 218 g/mol. The molecule has 16 heavy (non-hydrogen) atoms. The van der Waals surface area contributed by atoms with Crippen LogP contribution in [0, 0.1) is 0 Å². The number of rotatable bonds is 0. The summed E-state index contributed by atoms with van der Waals surface area (Å²) in [6.45, 7) is 0. The Bertz CT molecular complexity index is 423. The van der Waals surface area contributed by atoms with E-state index in [1.807, 2.05) is 0 Å². The maximum absolute atomic E-state index is 5.37. The smallest absolute Gasteiger partial charge is 0.152 e. The van der Waals surface area contributed by atoms with E-state index in [0.717, 1.165) is 0 Å². The van der Waals surface area contributed by atoms with Gasteiger partial charge in [0.2, 0.25) is 0 Å². The van der Waals surface area contributed by atoms with E-state index in [4.69, 9.17) is 14.8 Å². The molecule has 0 unspecified atom stereocenters. The lowest BCUT2D eigenvalue weighted by molar-refractivity contribution is -0.470. The molecule has 0 bridgehead atoms. The molecule has 0 aromatic heterocycles. The van der Waals surface area contributed by atoms with Gasteiger partial charge >= 0.3 is 0 Å². The van der Waals surface area contributed by atoms with Gasteiger partial charge in [0, 0.05) is 5.41 Å². The van der Waals surface area contributed by atoms with Crippen molar-refractivity contribution in [1.82, 2.24) is 0 Å². The summed E-state index contributed by atoms with van der Waals surface area (Å²) >= 11 is 0. The minimum atomic E-state index is -0.0192. The first kappa shape index (κ1) is 9.16. The maximum atomic E-state index is 5.37. The number of hydrogen-bond acceptors (Lipinski definition) is 3. The zero-order valence-electron chi connectivity index (χ0n) is 9.02. The minimum Gasteiger partial charge on any atom is -0.199 e. The van der Waals surface area contributed by atoms with Gasteiger partial charge in [-0.1, -0.05) is 42.1 Å². The van der Waals surface area contributed by atoms with Crippen LogP contribution in [-0.2, 0) is 20.2 Å². The van der Waals surface area contributed by atoms with Crippen LogP contribution in [0.4, 0.5) is 0 Å². The fourth-order valence-corrected chi connectivity index (χ4v) is 3.72. The van der Waals surface area contributed by atoms with Crippen LogP contribution >= 0.6 is 0 Å². The van der Waals surface area contributed by atoms with Crippen LogP contribution in [0.5, 0.6) is 0 Å². The van der Waals surface area contributed by atoms with Crippen molar-refractivity contribution in [2.45, 2.75) is 43.3 Å². The highest BCUT2D eigenvalue weighted by molar-refractivity contribution is 5.45. The molecule has 0 radical (unpaired) electrons. The molecule has 1 aromatic carbocycles. The van der Waals surface area contributed by atoms with E-state index >= 15 is 0 Å². The third-order valence-electron chi connectivity index (χ3n) is 4.41. The molecule has 3 heteroatoms. The summed E-state index contributed by atoms with van der Waals surface area (Å²) in [4.78, 5) is 10.6. The quantitative estimate of drug-likeness (QED) is 0.627. The molecule has 1 heterocycles. The Balaban J connectivity index is 1.93. The van der Waals surface area contributed by atoms with Gasteiger partial charge in [-0.15, -0.1) is 0 Å². The molecule has 1 saturated carbocycles. The SMILES string of the molecule is c1ccc2c(c1)[C@@H]1OOO[C@@H]1C21CCCC1. The first-order valence-corrected chi connectivity index (χ1v) is 6.00. The second kappa shape index (κ2) is 3.06. The average molecular weight is 218 g/mol. The highest BCUT2D eigenvalue weighted by Gasteiger charge is 2.58. The third kappa shape index (κ3) is 0.943. The van der Waals surface area contributed by atoms with Gasteiger partial charge in [0.05, 0.1) is 0 Å². The van der Waals surface area contributed by atoms with E-state index in [-0.39, 0.29) is 17.6 Å². The van der Waals surface area contributed by atoms with Crippen LogP contribution in [0.3, 0.4) is 0 Å². The summed E-state index contributed by atoms with van der Waals surface area (Å²) < 4.78 is 0. The van der Waals surface area contributed by atoms with E-state index in [9.17, 15) is 0 Å². The van der Waals surface area contributed by atoms with Crippen LogP contribution in [-0.4, -0.2) is 6.10 Å². The van der Waals surface area contributed by atoms with Gasteiger partial charge in [0.15, 0.2) is 6.10 Å². The first-order chi connectivity index (χ1) is 7.92. The van der Waals surface area contributed by atoms with Gasteiger partial charge < -0.3 is 0 Å². The predicted molar refractivity (Wildman–Crippen MR) is 56.4 cm³/mol. The zero-order chi connectivity index (χ0) is 10.6. The van der Waals surface area contributed by atoms with E-state index in [1.54, 1.807) is 0 Å². The molecule has 1 aromatic rings. The van der Waals surface area contributed by atoms with Gasteiger partial charge in [-0.25, -0.2) is 0 Å². The Labute approximate surface area is 94.2 Å². The standard InChI is InChI=1S/C13H14O3/c1-2-6-10-9(5-1)11-12(15-16-14-11)13(10)7-3-4-8-13/h1-2,5-6,11-12H,3-4,7-8H2/t11-,12-/m0/s1. The molecule has 2 aliphatic carbocycles. The fourth-order valence-electron chi connectivity index (χ4n) is 3.72. The van der Waals surface area contributed by atoms with Crippen molar-refractivity contribution in [3.63, 3.8) is 0 Å². The Morgan fingerprint density at radius 1 is 1.06 bits per heavy atom. The Morgan fingerprint density at radius 3 is 2.75 bits per heavy atom. The largest absolute Gasteiger partial charge is 0.199 e. The van der Waals surface area contributed by atoms with Gasteiger partial charge in [-0.3, -0.25) is 0 Å². The summed E-state index contributed by atoms with van der Waals surface area (Å²) in [7, 11) is 0. The first-order valence-electron chi connectivity index (χ1n) is 6.00. The summed E-state index contributed by atoms with van der Waals surface area (Å²) in [6.07, 6.45) is 4.99. The molecule has 84 valence electrons. The van der Waals surface area contributed by atoms with Crippen LogP contribution in [0.1, 0.15) is 42.9 Å². The number of benzene rings is 1. The molecular weight excluding hydrogens is 204 g/mol. The molecule has 3 nitrogen and oxygen atoms in total. The summed E-state index contributed by atoms with van der Waals surface area (Å²) in [5.74, 6) is 0. The van der Waals surface area contributed by atoms with Crippen LogP contribution in [0.15, 0.2) is 24.3 Å². The summed E-state index contributed by atoms with van der Waals surface area (Å²) in [5.41, 5.74) is 2.83. The lowest BCUT2D eigenvalue weighted by Crippen LogP contribution is -2.33. The van der Waals surface area contributed by atoms with Gasteiger partial charge in [-0.2, -0.15) is 9.78 Å². The van der Waals surface area contributed by atoms with E-state index < -0.39 is 0 Å². The minimum absolute atomic E-state index is 0.0192. The van der Waals surface area contributed by atoms with Crippen molar-refractivity contribution in [1.29, 1.82) is 0 Å². The Hall–Kier alpha value is -0.900. The Morgan fingerprint density at radius 2 is 1.88 bits per heavy atom. The van der Waals surface area contributed by atoms with Gasteiger partial charge in [0.1, 0.15) is 6.10 Å². The number of fused-ring (bicyclic) bond motifs is 5. The van der Waals surface area contributed by atoms with E-state index in [2.05, 4.69) is 24.3 Å². The molecule has 1 saturated heterocycles. The van der Waals surface area contributed by atoms with E-state index in [1.165, 1.54) is 36.8 Å². The molecule has 2 fully saturated rings. The third-order valence-corrected chi connectivity index (χ3v) is 4.41.